The first-order valence-corrected chi connectivity index (χ1v) is 10.3. The maximum Gasteiger partial charge on any atom is 0.127 e. The lowest BCUT2D eigenvalue weighted by Crippen LogP contribution is -2.30. The summed E-state index contributed by atoms with van der Waals surface area (Å²) >= 11 is 0. The number of hydrogen-bond donors (Lipinski definition) is 0. The molecule has 0 radical (unpaired) electrons. The second-order valence-corrected chi connectivity index (χ2v) is 7.96. The van der Waals surface area contributed by atoms with E-state index < -0.39 is 0 Å². The molecule has 0 N–H and O–H groups in total. The molecular weight excluding hydrogens is 360 g/mol. The first-order valence-electron chi connectivity index (χ1n) is 10.3. The zero-order valence-corrected chi connectivity index (χ0v) is 17.8. The van der Waals surface area contributed by atoms with Crippen molar-refractivity contribution >= 4 is 0 Å². The van der Waals surface area contributed by atoms with Gasteiger partial charge in [0.05, 0.1) is 20.3 Å². The number of aryl methyl sites for hydroxylation is 3. The SMILES string of the molecule is COc1ccc(C2c3cccn3CCCN2Cc2cc(C)cc(C)c2)c(OC)c1. The summed E-state index contributed by atoms with van der Waals surface area (Å²) in [5, 5.41) is 0. The van der Waals surface area contributed by atoms with Crippen molar-refractivity contribution in [3.8, 4) is 11.5 Å². The zero-order valence-electron chi connectivity index (χ0n) is 17.8. The third-order valence-corrected chi connectivity index (χ3v) is 5.76. The van der Waals surface area contributed by atoms with Gasteiger partial charge in [-0.2, -0.15) is 0 Å². The second kappa shape index (κ2) is 8.34. The summed E-state index contributed by atoms with van der Waals surface area (Å²) < 4.78 is 13.6. The molecule has 4 heteroatoms. The Morgan fingerprint density at radius 2 is 1.72 bits per heavy atom. The van der Waals surface area contributed by atoms with Gasteiger partial charge in [0.25, 0.3) is 0 Å². The third kappa shape index (κ3) is 4.03. The number of nitrogens with zero attached hydrogens (tertiary/aromatic N) is 2. The lowest BCUT2D eigenvalue weighted by Gasteiger charge is -2.32. The van der Waals surface area contributed by atoms with Crippen LogP contribution in [0.15, 0.2) is 54.7 Å². The van der Waals surface area contributed by atoms with E-state index in [-0.39, 0.29) is 6.04 Å². The molecule has 1 unspecified atom stereocenters. The van der Waals surface area contributed by atoms with Crippen LogP contribution >= 0.6 is 0 Å². The molecule has 152 valence electrons. The minimum absolute atomic E-state index is 0.133. The van der Waals surface area contributed by atoms with Crippen molar-refractivity contribution in [2.75, 3.05) is 20.8 Å². The van der Waals surface area contributed by atoms with Gasteiger partial charge >= 0.3 is 0 Å². The summed E-state index contributed by atoms with van der Waals surface area (Å²) in [5.74, 6) is 1.69. The fraction of sp³-hybridized carbons (Fsp3) is 0.360. The third-order valence-electron chi connectivity index (χ3n) is 5.76. The first kappa shape index (κ1) is 19.6. The van der Waals surface area contributed by atoms with Crippen LogP contribution in [0.5, 0.6) is 11.5 Å². The van der Waals surface area contributed by atoms with Gasteiger partial charge in [0.1, 0.15) is 11.5 Å². The van der Waals surface area contributed by atoms with Crippen molar-refractivity contribution in [1.29, 1.82) is 0 Å². The average molecular weight is 391 g/mol. The Morgan fingerprint density at radius 1 is 0.931 bits per heavy atom. The number of ether oxygens (including phenoxy) is 2. The van der Waals surface area contributed by atoms with E-state index in [4.69, 9.17) is 9.47 Å². The highest BCUT2D eigenvalue weighted by Gasteiger charge is 2.30. The van der Waals surface area contributed by atoms with Crippen LogP contribution in [0.1, 0.15) is 40.4 Å². The molecule has 1 atom stereocenters. The van der Waals surface area contributed by atoms with Gasteiger partial charge in [0.15, 0.2) is 0 Å². The number of methoxy groups -OCH3 is 2. The Hall–Kier alpha value is -2.72. The maximum atomic E-state index is 5.79. The summed E-state index contributed by atoms with van der Waals surface area (Å²) in [4.78, 5) is 2.58. The molecule has 0 saturated heterocycles. The smallest absolute Gasteiger partial charge is 0.127 e. The van der Waals surface area contributed by atoms with E-state index in [0.717, 1.165) is 37.6 Å². The van der Waals surface area contributed by atoms with Crippen LogP contribution in [0, 0.1) is 13.8 Å². The van der Waals surface area contributed by atoms with E-state index in [1.165, 1.54) is 27.9 Å². The normalized spacial score (nSPS) is 16.9. The van der Waals surface area contributed by atoms with Crippen LogP contribution in [0.4, 0.5) is 0 Å². The van der Waals surface area contributed by atoms with Crippen LogP contribution in [0.3, 0.4) is 0 Å². The number of hydrogen-bond acceptors (Lipinski definition) is 3. The van der Waals surface area contributed by atoms with Gasteiger partial charge in [-0.05, 0) is 50.1 Å². The van der Waals surface area contributed by atoms with Crippen LogP contribution in [-0.4, -0.2) is 30.2 Å². The first-order chi connectivity index (χ1) is 14.1. The summed E-state index contributed by atoms with van der Waals surface area (Å²) in [6.07, 6.45) is 3.32. The fourth-order valence-corrected chi connectivity index (χ4v) is 4.60. The van der Waals surface area contributed by atoms with E-state index in [1.54, 1.807) is 14.2 Å². The maximum absolute atomic E-state index is 5.79. The van der Waals surface area contributed by atoms with E-state index >= 15 is 0 Å². The molecule has 0 spiro atoms. The molecule has 4 nitrogen and oxygen atoms in total. The molecule has 29 heavy (non-hydrogen) atoms. The molecule has 2 heterocycles. The Balaban J connectivity index is 1.79. The minimum atomic E-state index is 0.133. The zero-order chi connectivity index (χ0) is 20.4. The van der Waals surface area contributed by atoms with Crippen molar-refractivity contribution in [1.82, 2.24) is 9.47 Å². The Morgan fingerprint density at radius 3 is 2.45 bits per heavy atom. The lowest BCUT2D eigenvalue weighted by molar-refractivity contribution is 0.216. The largest absolute Gasteiger partial charge is 0.497 e. The Bertz CT molecular complexity index is 972. The van der Waals surface area contributed by atoms with E-state index in [1.807, 2.05) is 12.1 Å². The van der Waals surface area contributed by atoms with E-state index in [0.29, 0.717) is 0 Å². The molecule has 0 aliphatic carbocycles. The molecule has 0 amide bonds. The molecule has 3 aromatic rings. The average Bonchev–Trinajstić information content (AvgIpc) is 3.09. The van der Waals surface area contributed by atoms with Crippen molar-refractivity contribution in [3.05, 3.63) is 82.7 Å². The van der Waals surface area contributed by atoms with Gasteiger partial charge < -0.3 is 14.0 Å². The van der Waals surface area contributed by atoms with Crippen LogP contribution in [-0.2, 0) is 13.1 Å². The van der Waals surface area contributed by atoms with Gasteiger partial charge in [0.2, 0.25) is 0 Å². The number of aromatic nitrogens is 1. The molecule has 2 aromatic carbocycles. The summed E-state index contributed by atoms with van der Waals surface area (Å²) in [7, 11) is 3.43. The molecule has 4 rings (SSSR count). The van der Waals surface area contributed by atoms with Crippen molar-refractivity contribution < 1.29 is 9.47 Å². The van der Waals surface area contributed by atoms with E-state index in [9.17, 15) is 0 Å². The van der Waals surface area contributed by atoms with Gasteiger partial charge in [-0.25, -0.2) is 0 Å². The Labute approximate surface area is 173 Å². The molecule has 1 aliphatic heterocycles. The topological polar surface area (TPSA) is 26.6 Å². The standard InChI is InChI=1S/C25H30N2O2/c1-18-13-19(2)15-20(14-18)17-27-12-6-11-26-10-5-7-23(26)25(27)22-9-8-21(28-3)16-24(22)29-4/h5,7-10,13-16,25H,6,11-12,17H2,1-4H3. The minimum Gasteiger partial charge on any atom is -0.497 e. The molecule has 1 aromatic heterocycles. The Kier molecular flexibility index (Phi) is 5.63. The van der Waals surface area contributed by atoms with Crippen molar-refractivity contribution in [2.24, 2.45) is 0 Å². The second-order valence-electron chi connectivity index (χ2n) is 7.96. The monoisotopic (exact) mass is 390 g/mol. The van der Waals surface area contributed by atoms with Crippen molar-refractivity contribution in [2.45, 2.75) is 39.4 Å². The summed E-state index contributed by atoms with van der Waals surface area (Å²) in [6, 6.07) is 17.5. The predicted octanol–water partition coefficient (Wildman–Crippen LogP) is 5.12. The summed E-state index contributed by atoms with van der Waals surface area (Å²) in [6.45, 7) is 7.34. The summed E-state index contributed by atoms with van der Waals surface area (Å²) in [5.41, 5.74) is 6.49. The number of benzene rings is 2. The molecule has 0 bridgehead atoms. The highest BCUT2D eigenvalue weighted by Crippen LogP contribution is 2.39. The fourth-order valence-electron chi connectivity index (χ4n) is 4.60. The van der Waals surface area contributed by atoms with E-state index in [2.05, 4.69) is 65.9 Å². The molecular formula is C25H30N2O2. The highest BCUT2D eigenvalue weighted by molar-refractivity contribution is 5.46. The van der Waals surface area contributed by atoms with Gasteiger partial charge in [-0.15, -0.1) is 0 Å². The number of fused-ring (bicyclic) bond motifs is 1. The lowest BCUT2D eigenvalue weighted by atomic mass is 9.99. The highest BCUT2D eigenvalue weighted by atomic mass is 16.5. The quantitative estimate of drug-likeness (QED) is 0.605. The molecule has 1 aliphatic rings. The molecule has 0 fully saturated rings. The predicted molar refractivity (Wildman–Crippen MR) is 117 cm³/mol. The van der Waals surface area contributed by atoms with Crippen LogP contribution in [0.2, 0.25) is 0 Å². The van der Waals surface area contributed by atoms with Crippen LogP contribution in [0.25, 0.3) is 0 Å². The van der Waals surface area contributed by atoms with Crippen molar-refractivity contribution in [3.63, 3.8) is 0 Å². The van der Waals surface area contributed by atoms with Crippen LogP contribution < -0.4 is 9.47 Å². The van der Waals surface area contributed by atoms with Gasteiger partial charge in [-0.3, -0.25) is 4.90 Å². The van der Waals surface area contributed by atoms with Gasteiger partial charge in [-0.1, -0.05) is 29.3 Å². The van der Waals surface area contributed by atoms with Gasteiger partial charge in [0, 0.05) is 43.2 Å². The number of rotatable bonds is 5. The molecule has 0 saturated carbocycles.